The second-order valence-electron chi connectivity index (χ2n) is 5.85. The van der Waals surface area contributed by atoms with E-state index in [-0.39, 0.29) is 36.4 Å². The van der Waals surface area contributed by atoms with Crippen molar-refractivity contribution in [3.05, 3.63) is 0 Å². The molecule has 2 N–H and O–H groups in total. The van der Waals surface area contributed by atoms with Crippen LogP contribution in [0.3, 0.4) is 0 Å². The average molecular weight is 410 g/mol. The molecule has 5 nitrogen and oxygen atoms in total. The van der Waals surface area contributed by atoms with Gasteiger partial charge in [-0.25, -0.2) is 4.99 Å². The van der Waals surface area contributed by atoms with Crippen molar-refractivity contribution in [2.45, 2.75) is 40.5 Å². The summed E-state index contributed by atoms with van der Waals surface area (Å²) in [6.45, 7) is 12.3. The molecule has 0 bridgehead atoms. The van der Waals surface area contributed by atoms with Crippen molar-refractivity contribution >= 4 is 35.8 Å². The van der Waals surface area contributed by atoms with Crippen LogP contribution in [0.2, 0.25) is 0 Å². The van der Waals surface area contributed by atoms with Gasteiger partial charge in [0.2, 0.25) is 5.91 Å². The molecule has 0 spiro atoms. The fourth-order valence-electron chi connectivity index (χ4n) is 2.71. The minimum Gasteiger partial charge on any atom is -0.357 e. The summed E-state index contributed by atoms with van der Waals surface area (Å²) in [4.78, 5) is 18.2. The number of rotatable bonds is 6. The Bertz CT molecular complexity index is 334. The highest BCUT2D eigenvalue weighted by Crippen LogP contribution is 2.23. The van der Waals surface area contributed by atoms with Crippen LogP contribution in [0, 0.1) is 11.8 Å². The summed E-state index contributed by atoms with van der Waals surface area (Å²) in [6.07, 6.45) is 2.50. The van der Waals surface area contributed by atoms with Crippen molar-refractivity contribution in [2.75, 3.05) is 32.7 Å². The van der Waals surface area contributed by atoms with Crippen molar-refractivity contribution < 1.29 is 4.79 Å². The molecule has 1 unspecified atom stereocenters. The zero-order valence-electron chi connectivity index (χ0n) is 13.8. The third-order valence-electron chi connectivity index (χ3n) is 3.47. The molecule has 6 heteroatoms. The van der Waals surface area contributed by atoms with Crippen LogP contribution in [-0.4, -0.2) is 49.5 Å². The smallest absolute Gasteiger partial charge is 0.241 e. The molecule has 1 fully saturated rings. The van der Waals surface area contributed by atoms with Gasteiger partial charge in [0.1, 0.15) is 6.54 Å². The van der Waals surface area contributed by atoms with Gasteiger partial charge in [-0.05, 0) is 38.5 Å². The maximum absolute atomic E-state index is 11.5. The number of likely N-dealkylation sites (N-methyl/N-ethyl adjacent to an activating group) is 1. The summed E-state index contributed by atoms with van der Waals surface area (Å²) in [5.41, 5.74) is 0. The van der Waals surface area contributed by atoms with Gasteiger partial charge in [0.15, 0.2) is 5.96 Å². The van der Waals surface area contributed by atoms with Gasteiger partial charge in [0, 0.05) is 26.2 Å². The lowest BCUT2D eigenvalue weighted by Crippen LogP contribution is -2.41. The molecule has 21 heavy (non-hydrogen) atoms. The number of nitrogens with one attached hydrogen (secondary N) is 2. The minimum atomic E-state index is -0.0131. The molecule has 0 aromatic rings. The Labute approximate surface area is 146 Å². The Balaban J connectivity index is 0.00000400. The first-order valence-corrected chi connectivity index (χ1v) is 7.86. The maximum Gasteiger partial charge on any atom is 0.241 e. The average Bonchev–Trinajstić information content (AvgIpc) is 2.82. The van der Waals surface area contributed by atoms with E-state index in [4.69, 9.17) is 0 Å². The van der Waals surface area contributed by atoms with E-state index in [0.29, 0.717) is 6.54 Å². The molecule has 1 aliphatic heterocycles. The van der Waals surface area contributed by atoms with Crippen LogP contribution < -0.4 is 10.6 Å². The fraction of sp³-hybridized carbons (Fsp3) is 0.867. The Morgan fingerprint density at radius 1 is 1.29 bits per heavy atom. The molecule has 0 aromatic heterocycles. The van der Waals surface area contributed by atoms with Crippen LogP contribution in [0.25, 0.3) is 0 Å². The van der Waals surface area contributed by atoms with E-state index in [9.17, 15) is 4.79 Å². The van der Waals surface area contributed by atoms with Crippen LogP contribution in [0.4, 0.5) is 0 Å². The lowest BCUT2D eigenvalue weighted by molar-refractivity contribution is -0.119. The van der Waals surface area contributed by atoms with Gasteiger partial charge in [-0.15, -0.1) is 24.0 Å². The van der Waals surface area contributed by atoms with Crippen molar-refractivity contribution in [3.63, 3.8) is 0 Å². The molecule has 1 aliphatic rings. The van der Waals surface area contributed by atoms with E-state index >= 15 is 0 Å². The number of hydrogen-bond donors (Lipinski definition) is 2. The highest BCUT2D eigenvalue weighted by molar-refractivity contribution is 14.0. The van der Waals surface area contributed by atoms with E-state index in [1.165, 1.54) is 12.8 Å². The van der Waals surface area contributed by atoms with Crippen LogP contribution >= 0.6 is 24.0 Å². The van der Waals surface area contributed by atoms with Gasteiger partial charge in [-0.1, -0.05) is 13.8 Å². The summed E-state index contributed by atoms with van der Waals surface area (Å²) in [7, 11) is 0. The number of amides is 1. The molecule has 1 amide bonds. The van der Waals surface area contributed by atoms with Crippen molar-refractivity contribution in [2.24, 2.45) is 16.8 Å². The first-order chi connectivity index (χ1) is 9.56. The van der Waals surface area contributed by atoms with E-state index in [1.807, 2.05) is 6.92 Å². The highest BCUT2D eigenvalue weighted by atomic mass is 127. The molecule has 0 aromatic carbocycles. The number of guanidine groups is 1. The second-order valence-corrected chi connectivity index (χ2v) is 5.85. The minimum absolute atomic E-state index is 0. The van der Waals surface area contributed by atoms with Gasteiger partial charge in [-0.3, -0.25) is 4.79 Å². The predicted molar refractivity (Wildman–Crippen MR) is 99.2 cm³/mol. The van der Waals surface area contributed by atoms with Gasteiger partial charge in [0.25, 0.3) is 0 Å². The first-order valence-electron chi connectivity index (χ1n) is 7.86. The predicted octanol–water partition coefficient (Wildman–Crippen LogP) is 2.07. The van der Waals surface area contributed by atoms with Crippen molar-refractivity contribution in [1.82, 2.24) is 15.5 Å². The number of aliphatic imine (C=N–C) groups is 1. The zero-order chi connectivity index (χ0) is 15.0. The molecule has 1 heterocycles. The largest absolute Gasteiger partial charge is 0.357 e. The number of nitrogens with zero attached hydrogens (tertiary/aromatic N) is 2. The quantitative estimate of drug-likeness (QED) is 0.401. The second kappa shape index (κ2) is 11.1. The number of carbonyl (C=O) groups is 1. The summed E-state index contributed by atoms with van der Waals surface area (Å²) < 4.78 is 0. The lowest BCUT2D eigenvalue weighted by atomic mass is 9.97. The van der Waals surface area contributed by atoms with E-state index in [0.717, 1.165) is 37.4 Å². The SMILES string of the molecule is CCNC(=O)CN=C(NCC)N1CCC(CC(C)C)C1.I. The van der Waals surface area contributed by atoms with E-state index in [1.54, 1.807) is 0 Å². The Morgan fingerprint density at radius 2 is 1.95 bits per heavy atom. The van der Waals surface area contributed by atoms with Crippen LogP contribution in [0.15, 0.2) is 4.99 Å². The number of carbonyl (C=O) groups excluding carboxylic acids is 1. The zero-order valence-corrected chi connectivity index (χ0v) is 16.1. The van der Waals surface area contributed by atoms with E-state index < -0.39 is 0 Å². The molecular weight excluding hydrogens is 379 g/mol. The van der Waals surface area contributed by atoms with E-state index in [2.05, 4.69) is 41.3 Å². The lowest BCUT2D eigenvalue weighted by Gasteiger charge is -2.22. The summed E-state index contributed by atoms with van der Waals surface area (Å²) in [5, 5.41) is 6.07. The topological polar surface area (TPSA) is 56.7 Å². The van der Waals surface area contributed by atoms with Gasteiger partial charge >= 0.3 is 0 Å². The standard InChI is InChI=1S/C15H30N4O.HI/c1-5-16-14(20)10-18-15(17-6-2)19-8-7-13(11-19)9-12(3)4;/h12-13H,5-11H2,1-4H3,(H,16,20)(H,17,18);1H. The third kappa shape index (κ3) is 7.87. The summed E-state index contributed by atoms with van der Waals surface area (Å²) >= 11 is 0. The monoisotopic (exact) mass is 410 g/mol. The van der Waals surface area contributed by atoms with Crippen LogP contribution in [0.1, 0.15) is 40.5 Å². The Morgan fingerprint density at radius 3 is 2.52 bits per heavy atom. The van der Waals surface area contributed by atoms with Crippen LogP contribution in [0.5, 0.6) is 0 Å². The van der Waals surface area contributed by atoms with Gasteiger partial charge in [0.05, 0.1) is 0 Å². The Kier molecular flexibility index (Phi) is 10.8. The third-order valence-corrected chi connectivity index (χ3v) is 3.47. The molecule has 0 aliphatic carbocycles. The first kappa shape index (κ1) is 20.5. The number of halogens is 1. The summed E-state index contributed by atoms with van der Waals surface area (Å²) in [6, 6.07) is 0. The van der Waals surface area contributed by atoms with Gasteiger partial charge in [-0.2, -0.15) is 0 Å². The molecule has 1 saturated heterocycles. The fourth-order valence-corrected chi connectivity index (χ4v) is 2.71. The van der Waals surface area contributed by atoms with Crippen molar-refractivity contribution in [3.8, 4) is 0 Å². The normalized spacial score (nSPS) is 18.6. The molecule has 1 atom stereocenters. The molecule has 0 saturated carbocycles. The number of likely N-dealkylation sites (tertiary alicyclic amines) is 1. The number of hydrogen-bond acceptors (Lipinski definition) is 2. The maximum atomic E-state index is 11.5. The Hall–Kier alpha value is -0.530. The molecular formula is C15H31IN4O. The molecule has 0 radical (unpaired) electrons. The molecule has 124 valence electrons. The molecule has 1 rings (SSSR count). The van der Waals surface area contributed by atoms with Gasteiger partial charge < -0.3 is 15.5 Å². The highest BCUT2D eigenvalue weighted by Gasteiger charge is 2.25. The summed E-state index contributed by atoms with van der Waals surface area (Å²) in [5.74, 6) is 2.36. The van der Waals surface area contributed by atoms with Crippen LogP contribution in [-0.2, 0) is 4.79 Å². The van der Waals surface area contributed by atoms with Crippen molar-refractivity contribution in [1.29, 1.82) is 0 Å².